The molecule has 4 nitrogen and oxygen atoms in total. The van der Waals surface area contributed by atoms with Crippen LogP contribution in [0.5, 0.6) is 5.75 Å². The fourth-order valence-corrected chi connectivity index (χ4v) is 2.44. The first-order valence-corrected chi connectivity index (χ1v) is 7.71. The number of carbonyl (C=O) groups is 1. The minimum Gasteiger partial charge on any atom is -0.493 e. The number of hydrogen-bond acceptors (Lipinski definition) is 3. The maximum Gasteiger partial charge on any atom is 0.310 e. The number of hydrogen-bond donors (Lipinski definition) is 1. The molecular formula is C19H19NO3. The summed E-state index contributed by atoms with van der Waals surface area (Å²) in [6.07, 6.45) is 2.82. The zero-order valence-corrected chi connectivity index (χ0v) is 12.8. The molecule has 0 saturated heterocycles. The first-order chi connectivity index (χ1) is 11.3. The van der Waals surface area contributed by atoms with Gasteiger partial charge in [-0.05, 0) is 23.8 Å². The monoisotopic (exact) mass is 309 g/mol. The number of carbonyl (C=O) groups excluding carboxylic acids is 1. The fraction of sp³-hybridized carbons (Fsp3) is 0.211. The SMILES string of the molecule is O=C(Cc1c[nH]c2ccccc12)OCCCOc1ccccc1. The summed E-state index contributed by atoms with van der Waals surface area (Å²) >= 11 is 0. The van der Waals surface area contributed by atoms with Gasteiger partial charge in [0.2, 0.25) is 0 Å². The number of aromatic amines is 1. The van der Waals surface area contributed by atoms with Crippen molar-refractivity contribution in [2.45, 2.75) is 12.8 Å². The molecule has 1 aromatic heterocycles. The summed E-state index contributed by atoms with van der Waals surface area (Å²) in [5, 5.41) is 1.07. The van der Waals surface area contributed by atoms with E-state index in [4.69, 9.17) is 9.47 Å². The lowest BCUT2D eigenvalue weighted by atomic mass is 10.1. The van der Waals surface area contributed by atoms with Crippen LogP contribution in [-0.2, 0) is 16.0 Å². The molecule has 0 fully saturated rings. The molecule has 2 aromatic carbocycles. The molecule has 0 bridgehead atoms. The van der Waals surface area contributed by atoms with Crippen LogP contribution in [0.3, 0.4) is 0 Å². The highest BCUT2D eigenvalue weighted by atomic mass is 16.5. The van der Waals surface area contributed by atoms with Crippen molar-refractivity contribution in [3.8, 4) is 5.75 Å². The number of rotatable bonds is 7. The predicted molar refractivity (Wildman–Crippen MR) is 89.5 cm³/mol. The van der Waals surface area contributed by atoms with Crippen LogP contribution < -0.4 is 4.74 Å². The highest BCUT2D eigenvalue weighted by Crippen LogP contribution is 2.18. The van der Waals surface area contributed by atoms with Crippen molar-refractivity contribution < 1.29 is 14.3 Å². The Morgan fingerprint density at radius 2 is 1.74 bits per heavy atom. The molecule has 0 saturated carbocycles. The van der Waals surface area contributed by atoms with Gasteiger partial charge in [0, 0.05) is 23.5 Å². The molecule has 0 aliphatic heterocycles. The van der Waals surface area contributed by atoms with Crippen molar-refractivity contribution in [1.82, 2.24) is 4.98 Å². The van der Waals surface area contributed by atoms with Gasteiger partial charge in [-0.1, -0.05) is 36.4 Å². The van der Waals surface area contributed by atoms with Gasteiger partial charge in [0.15, 0.2) is 0 Å². The van der Waals surface area contributed by atoms with E-state index in [1.807, 2.05) is 60.8 Å². The summed E-state index contributed by atoms with van der Waals surface area (Å²) in [5.41, 5.74) is 2.00. The van der Waals surface area contributed by atoms with Gasteiger partial charge in [-0.25, -0.2) is 0 Å². The van der Waals surface area contributed by atoms with Gasteiger partial charge in [-0.15, -0.1) is 0 Å². The van der Waals surface area contributed by atoms with Crippen LogP contribution in [0, 0.1) is 0 Å². The van der Waals surface area contributed by atoms with Crippen molar-refractivity contribution >= 4 is 16.9 Å². The number of fused-ring (bicyclic) bond motifs is 1. The van der Waals surface area contributed by atoms with E-state index >= 15 is 0 Å². The van der Waals surface area contributed by atoms with Crippen LogP contribution in [0.2, 0.25) is 0 Å². The van der Waals surface area contributed by atoms with Crippen LogP contribution in [0.15, 0.2) is 60.8 Å². The Kier molecular flexibility index (Phi) is 4.94. The van der Waals surface area contributed by atoms with Crippen LogP contribution in [0.1, 0.15) is 12.0 Å². The smallest absolute Gasteiger partial charge is 0.310 e. The van der Waals surface area contributed by atoms with Crippen LogP contribution in [0.4, 0.5) is 0 Å². The number of nitrogens with one attached hydrogen (secondary N) is 1. The molecule has 3 rings (SSSR count). The quantitative estimate of drug-likeness (QED) is 0.534. The largest absolute Gasteiger partial charge is 0.493 e. The van der Waals surface area contributed by atoms with Gasteiger partial charge in [-0.3, -0.25) is 4.79 Å². The normalized spacial score (nSPS) is 10.6. The average molecular weight is 309 g/mol. The van der Waals surface area contributed by atoms with E-state index in [1.165, 1.54) is 0 Å². The zero-order valence-electron chi connectivity index (χ0n) is 12.8. The molecule has 0 spiro atoms. The second-order valence-corrected chi connectivity index (χ2v) is 5.27. The van der Waals surface area contributed by atoms with Gasteiger partial charge >= 0.3 is 5.97 Å². The van der Waals surface area contributed by atoms with Gasteiger partial charge in [0.25, 0.3) is 0 Å². The molecule has 1 N–H and O–H groups in total. The minimum absolute atomic E-state index is 0.213. The lowest BCUT2D eigenvalue weighted by molar-refractivity contribution is -0.143. The third kappa shape index (κ3) is 4.13. The topological polar surface area (TPSA) is 51.3 Å². The third-order valence-corrected chi connectivity index (χ3v) is 3.57. The standard InChI is InChI=1S/C19H19NO3/c21-19(13-15-14-20-18-10-5-4-9-17(15)18)23-12-6-11-22-16-7-2-1-3-8-16/h1-5,7-10,14,20H,6,11-13H2. The molecule has 0 amide bonds. The van der Waals surface area contributed by atoms with Crippen molar-refractivity contribution in [2.24, 2.45) is 0 Å². The number of benzene rings is 2. The van der Waals surface area contributed by atoms with Crippen molar-refractivity contribution in [3.05, 3.63) is 66.4 Å². The molecule has 118 valence electrons. The first kappa shape index (κ1) is 15.2. The Morgan fingerprint density at radius 1 is 0.957 bits per heavy atom. The first-order valence-electron chi connectivity index (χ1n) is 7.71. The van der Waals surface area contributed by atoms with E-state index in [-0.39, 0.29) is 12.4 Å². The number of esters is 1. The van der Waals surface area contributed by atoms with Crippen LogP contribution >= 0.6 is 0 Å². The minimum atomic E-state index is -0.213. The van der Waals surface area contributed by atoms with Crippen LogP contribution in [0.25, 0.3) is 10.9 Å². The molecule has 0 aliphatic rings. The third-order valence-electron chi connectivity index (χ3n) is 3.57. The number of aromatic nitrogens is 1. The molecule has 0 radical (unpaired) electrons. The Balaban J connectivity index is 1.40. The number of para-hydroxylation sites is 2. The molecule has 0 unspecified atom stereocenters. The van der Waals surface area contributed by atoms with Crippen LogP contribution in [-0.4, -0.2) is 24.2 Å². The second-order valence-electron chi connectivity index (χ2n) is 5.27. The van der Waals surface area contributed by atoms with E-state index < -0.39 is 0 Å². The Morgan fingerprint density at radius 3 is 2.61 bits per heavy atom. The van der Waals surface area contributed by atoms with Crippen molar-refractivity contribution in [3.63, 3.8) is 0 Å². The molecule has 1 heterocycles. The van der Waals surface area contributed by atoms with Crippen molar-refractivity contribution in [1.29, 1.82) is 0 Å². The highest BCUT2D eigenvalue weighted by molar-refractivity contribution is 5.87. The summed E-state index contributed by atoms with van der Waals surface area (Å²) in [7, 11) is 0. The second kappa shape index (κ2) is 7.49. The Labute approximate surface area is 135 Å². The summed E-state index contributed by atoms with van der Waals surface area (Å²) in [6.45, 7) is 0.901. The highest BCUT2D eigenvalue weighted by Gasteiger charge is 2.09. The maximum absolute atomic E-state index is 11.9. The van der Waals surface area contributed by atoms with E-state index in [9.17, 15) is 4.79 Å². The summed E-state index contributed by atoms with van der Waals surface area (Å²) in [4.78, 5) is 15.1. The van der Waals surface area contributed by atoms with Crippen molar-refractivity contribution in [2.75, 3.05) is 13.2 Å². The van der Waals surface area contributed by atoms with Gasteiger partial charge < -0.3 is 14.5 Å². The summed E-state index contributed by atoms with van der Waals surface area (Å²) in [5.74, 6) is 0.618. The fourth-order valence-electron chi connectivity index (χ4n) is 2.44. The molecule has 0 aliphatic carbocycles. The average Bonchev–Trinajstić information content (AvgIpc) is 2.99. The maximum atomic E-state index is 11.9. The van der Waals surface area contributed by atoms with E-state index in [1.54, 1.807) is 0 Å². The zero-order chi connectivity index (χ0) is 15.9. The van der Waals surface area contributed by atoms with Gasteiger partial charge in [0.05, 0.1) is 19.6 Å². The molecule has 0 atom stereocenters. The number of ether oxygens (including phenoxy) is 2. The molecular weight excluding hydrogens is 290 g/mol. The lowest BCUT2D eigenvalue weighted by Gasteiger charge is -2.07. The molecule has 23 heavy (non-hydrogen) atoms. The Hall–Kier alpha value is -2.75. The van der Waals surface area contributed by atoms with E-state index in [0.717, 1.165) is 22.2 Å². The summed E-state index contributed by atoms with van der Waals surface area (Å²) < 4.78 is 10.8. The lowest BCUT2D eigenvalue weighted by Crippen LogP contribution is -2.11. The molecule has 3 aromatic rings. The van der Waals surface area contributed by atoms with Gasteiger partial charge in [0.1, 0.15) is 5.75 Å². The predicted octanol–water partition coefficient (Wildman–Crippen LogP) is 3.72. The summed E-state index contributed by atoms with van der Waals surface area (Å²) in [6, 6.07) is 17.5. The van der Waals surface area contributed by atoms with Gasteiger partial charge in [-0.2, -0.15) is 0 Å². The van der Waals surface area contributed by atoms with E-state index in [0.29, 0.717) is 19.6 Å². The van der Waals surface area contributed by atoms with E-state index in [2.05, 4.69) is 4.98 Å². The Bertz CT molecular complexity index is 764. The number of H-pyrrole nitrogens is 1. The molecule has 4 heteroatoms.